The van der Waals surface area contributed by atoms with Crippen LogP contribution < -0.4 is 14.8 Å². The maximum atomic E-state index is 5.88. The molecule has 0 spiro atoms. The molecule has 2 aromatic carbocycles. The average Bonchev–Trinajstić information content (AvgIpc) is 2.56. The van der Waals surface area contributed by atoms with Gasteiger partial charge in [-0.05, 0) is 35.7 Å². The molecule has 1 N–H and O–H groups in total. The Bertz CT molecular complexity index is 581. The molecule has 0 bridgehead atoms. The van der Waals surface area contributed by atoms with Crippen molar-refractivity contribution in [3.05, 3.63) is 59.7 Å². The SMILES string of the molecule is COc1cc(CNCC(C)C)ccc1OCCc1ccccc1. The Morgan fingerprint density at radius 3 is 2.43 bits per heavy atom. The van der Waals surface area contributed by atoms with Crippen molar-refractivity contribution in [2.45, 2.75) is 26.8 Å². The van der Waals surface area contributed by atoms with Crippen LogP contribution in [0.1, 0.15) is 25.0 Å². The van der Waals surface area contributed by atoms with Crippen molar-refractivity contribution < 1.29 is 9.47 Å². The van der Waals surface area contributed by atoms with Crippen LogP contribution in [0, 0.1) is 5.92 Å². The van der Waals surface area contributed by atoms with E-state index in [9.17, 15) is 0 Å². The van der Waals surface area contributed by atoms with Crippen LogP contribution in [-0.2, 0) is 13.0 Å². The summed E-state index contributed by atoms with van der Waals surface area (Å²) in [5, 5.41) is 3.44. The number of rotatable bonds is 9. The molecule has 0 saturated heterocycles. The molecular weight excluding hydrogens is 286 g/mol. The zero-order chi connectivity index (χ0) is 16.5. The quantitative estimate of drug-likeness (QED) is 0.757. The van der Waals surface area contributed by atoms with Gasteiger partial charge in [-0.1, -0.05) is 50.2 Å². The minimum atomic E-state index is 0.644. The van der Waals surface area contributed by atoms with Gasteiger partial charge in [0.05, 0.1) is 13.7 Å². The van der Waals surface area contributed by atoms with E-state index < -0.39 is 0 Å². The predicted molar refractivity (Wildman–Crippen MR) is 95.2 cm³/mol. The van der Waals surface area contributed by atoms with Crippen LogP contribution in [0.4, 0.5) is 0 Å². The van der Waals surface area contributed by atoms with Crippen molar-refractivity contribution in [1.29, 1.82) is 0 Å². The molecule has 0 aromatic heterocycles. The predicted octanol–water partition coefficient (Wildman–Crippen LogP) is 4.06. The fourth-order valence-electron chi connectivity index (χ4n) is 2.37. The van der Waals surface area contributed by atoms with E-state index in [0.717, 1.165) is 31.0 Å². The molecule has 0 fully saturated rings. The van der Waals surface area contributed by atoms with Crippen LogP contribution in [0.2, 0.25) is 0 Å². The average molecular weight is 313 g/mol. The van der Waals surface area contributed by atoms with E-state index in [4.69, 9.17) is 9.47 Å². The molecule has 0 heterocycles. The summed E-state index contributed by atoms with van der Waals surface area (Å²) in [5.74, 6) is 2.25. The summed E-state index contributed by atoms with van der Waals surface area (Å²) < 4.78 is 11.3. The minimum Gasteiger partial charge on any atom is -0.493 e. The first-order chi connectivity index (χ1) is 11.2. The van der Waals surface area contributed by atoms with Crippen LogP contribution in [-0.4, -0.2) is 20.3 Å². The molecule has 3 nitrogen and oxygen atoms in total. The molecule has 0 aliphatic rings. The van der Waals surface area contributed by atoms with Gasteiger partial charge in [-0.25, -0.2) is 0 Å². The third-order valence-electron chi connectivity index (χ3n) is 3.60. The van der Waals surface area contributed by atoms with Gasteiger partial charge in [-0.2, -0.15) is 0 Å². The maximum absolute atomic E-state index is 5.88. The van der Waals surface area contributed by atoms with Crippen molar-refractivity contribution in [2.75, 3.05) is 20.3 Å². The molecule has 0 saturated carbocycles. The standard InChI is InChI=1S/C20H27NO2/c1-16(2)14-21-15-18-9-10-19(20(13-18)22-3)23-12-11-17-7-5-4-6-8-17/h4-10,13,16,21H,11-12,14-15H2,1-3H3. The monoisotopic (exact) mass is 313 g/mol. The zero-order valence-corrected chi connectivity index (χ0v) is 14.3. The second kappa shape index (κ2) is 9.21. The molecular formula is C20H27NO2. The Labute approximate surface area is 139 Å². The third-order valence-corrected chi connectivity index (χ3v) is 3.60. The van der Waals surface area contributed by atoms with E-state index in [1.807, 2.05) is 18.2 Å². The van der Waals surface area contributed by atoms with Crippen LogP contribution >= 0.6 is 0 Å². The highest BCUT2D eigenvalue weighted by molar-refractivity contribution is 5.43. The van der Waals surface area contributed by atoms with Crippen molar-refractivity contribution in [2.24, 2.45) is 5.92 Å². The van der Waals surface area contributed by atoms with Crippen molar-refractivity contribution in [3.63, 3.8) is 0 Å². The lowest BCUT2D eigenvalue weighted by molar-refractivity contribution is 0.297. The molecule has 0 aliphatic carbocycles. The molecule has 23 heavy (non-hydrogen) atoms. The minimum absolute atomic E-state index is 0.644. The molecule has 0 atom stereocenters. The Hall–Kier alpha value is -2.00. The number of ether oxygens (including phenoxy) is 2. The van der Waals surface area contributed by atoms with Gasteiger partial charge < -0.3 is 14.8 Å². The molecule has 0 unspecified atom stereocenters. The van der Waals surface area contributed by atoms with Crippen LogP contribution in [0.5, 0.6) is 11.5 Å². The van der Waals surface area contributed by atoms with E-state index in [0.29, 0.717) is 12.5 Å². The van der Waals surface area contributed by atoms with Crippen molar-refractivity contribution >= 4 is 0 Å². The molecule has 0 amide bonds. The van der Waals surface area contributed by atoms with E-state index >= 15 is 0 Å². The van der Waals surface area contributed by atoms with Gasteiger partial charge in [0.15, 0.2) is 11.5 Å². The van der Waals surface area contributed by atoms with Crippen LogP contribution in [0.25, 0.3) is 0 Å². The Morgan fingerprint density at radius 1 is 0.957 bits per heavy atom. The molecule has 2 rings (SSSR count). The molecule has 0 radical (unpaired) electrons. The molecule has 124 valence electrons. The van der Waals surface area contributed by atoms with Gasteiger partial charge in [0.25, 0.3) is 0 Å². The number of nitrogens with one attached hydrogen (secondary N) is 1. The first-order valence-electron chi connectivity index (χ1n) is 8.23. The summed E-state index contributed by atoms with van der Waals surface area (Å²) in [4.78, 5) is 0. The van der Waals surface area contributed by atoms with Gasteiger partial charge >= 0.3 is 0 Å². The highest BCUT2D eigenvalue weighted by atomic mass is 16.5. The third kappa shape index (κ3) is 5.95. The van der Waals surface area contributed by atoms with Crippen LogP contribution in [0.15, 0.2) is 48.5 Å². The first-order valence-corrected chi connectivity index (χ1v) is 8.23. The number of benzene rings is 2. The number of hydrogen-bond donors (Lipinski definition) is 1. The van der Waals surface area contributed by atoms with Gasteiger partial charge in [0, 0.05) is 13.0 Å². The summed E-state index contributed by atoms with van der Waals surface area (Å²) in [7, 11) is 1.69. The van der Waals surface area contributed by atoms with E-state index in [1.54, 1.807) is 7.11 Å². The second-order valence-corrected chi connectivity index (χ2v) is 6.09. The highest BCUT2D eigenvalue weighted by Crippen LogP contribution is 2.28. The van der Waals surface area contributed by atoms with Gasteiger partial charge in [-0.3, -0.25) is 0 Å². The normalized spacial score (nSPS) is 10.8. The summed E-state index contributed by atoms with van der Waals surface area (Å²) >= 11 is 0. The summed E-state index contributed by atoms with van der Waals surface area (Å²) in [5.41, 5.74) is 2.49. The van der Waals surface area contributed by atoms with Crippen molar-refractivity contribution in [3.8, 4) is 11.5 Å². The Balaban J connectivity index is 1.88. The summed E-state index contributed by atoms with van der Waals surface area (Å²) in [6, 6.07) is 16.5. The maximum Gasteiger partial charge on any atom is 0.161 e. The van der Waals surface area contributed by atoms with E-state index in [-0.39, 0.29) is 0 Å². The topological polar surface area (TPSA) is 30.5 Å². The first kappa shape index (κ1) is 17.4. The number of methoxy groups -OCH3 is 1. The van der Waals surface area contributed by atoms with Gasteiger partial charge in [0.2, 0.25) is 0 Å². The van der Waals surface area contributed by atoms with Crippen molar-refractivity contribution in [1.82, 2.24) is 5.32 Å². The lowest BCUT2D eigenvalue weighted by Gasteiger charge is -2.13. The summed E-state index contributed by atoms with van der Waals surface area (Å²) in [6.45, 7) is 6.91. The largest absolute Gasteiger partial charge is 0.493 e. The Kier molecular flexibility index (Phi) is 6.95. The zero-order valence-electron chi connectivity index (χ0n) is 14.3. The fraction of sp³-hybridized carbons (Fsp3) is 0.400. The lowest BCUT2D eigenvalue weighted by atomic mass is 10.1. The molecule has 0 aliphatic heterocycles. The number of hydrogen-bond acceptors (Lipinski definition) is 3. The van der Waals surface area contributed by atoms with E-state index in [2.05, 4.69) is 49.5 Å². The fourth-order valence-corrected chi connectivity index (χ4v) is 2.37. The smallest absolute Gasteiger partial charge is 0.161 e. The molecule has 2 aromatic rings. The van der Waals surface area contributed by atoms with Gasteiger partial charge in [0.1, 0.15) is 0 Å². The second-order valence-electron chi connectivity index (χ2n) is 6.09. The molecule has 3 heteroatoms. The lowest BCUT2D eigenvalue weighted by Crippen LogP contribution is -2.18. The van der Waals surface area contributed by atoms with Crippen LogP contribution in [0.3, 0.4) is 0 Å². The Morgan fingerprint density at radius 2 is 1.74 bits per heavy atom. The van der Waals surface area contributed by atoms with E-state index in [1.165, 1.54) is 11.1 Å². The van der Waals surface area contributed by atoms with Gasteiger partial charge in [-0.15, -0.1) is 0 Å². The highest BCUT2D eigenvalue weighted by Gasteiger charge is 2.06. The summed E-state index contributed by atoms with van der Waals surface area (Å²) in [6.07, 6.45) is 0.891.